The molecule has 0 spiro atoms. The molecule has 0 rings (SSSR count). The smallest absolute Gasteiger partial charge is 0.0683 e. The number of thioether (sulfide) groups is 1. The zero-order chi connectivity index (χ0) is 11.0. The van der Waals surface area contributed by atoms with E-state index in [2.05, 4.69) is 25.1 Å². The quantitative estimate of drug-likeness (QED) is 0.610. The largest absolute Gasteiger partial charge is 0.309 e. The molecule has 0 aromatic carbocycles. The molecule has 0 unspecified atom stereocenters. The van der Waals surface area contributed by atoms with Gasteiger partial charge in [0.15, 0.2) is 0 Å². The van der Waals surface area contributed by atoms with Crippen LogP contribution in [-0.2, 0) is 0 Å². The molecule has 0 N–H and O–H groups in total. The molecule has 0 bridgehead atoms. The van der Waals surface area contributed by atoms with Crippen LogP contribution in [0.2, 0.25) is 0 Å². The Morgan fingerprint density at radius 2 is 1.93 bits per heavy atom. The van der Waals surface area contributed by atoms with E-state index in [4.69, 9.17) is 5.26 Å². The van der Waals surface area contributed by atoms with E-state index in [9.17, 15) is 0 Å². The zero-order valence-electron chi connectivity index (χ0n) is 9.84. The van der Waals surface area contributed by atoms with Gasteiger partial charge in [-0.05, 0) is 46.5 Å². The van der Waals surface area contributed by atoms with Gasteiger partial charge in [0.1, 0.15) is 0 Å². The lowest BCUT2D eigenvalue weighted by Crippen LogP contribution is -2.15. The van der Waals surface area contributed by atoms with Gasteiger partial charge in [-0.1, -0.05) is 0 Å². The molecule has 0 atom stereocenters. The molecule has 0 fully saturated rings. The second-order valence-corrected chi connectivity index (χ2v) is 5.74. The van der Waals surface area contributed by atoms with E-state index >= 15 is 0 Å². The summed E-state index contributed by atoms with van der Waals surface area (Å²) in [6, 6.07) is 2.33. The molecule has 0 saturated heterocycles. The van der Waals surface area contributed by atoms with E-state index in [0.717, 1.165) is 19.4 Å². The van der Waals surface area contributed by atoms with Gasteiger partial charge in [0.25, 0.3) is 0 Å². The summed E-state index contributed by atoms with van der Waals surface area (Å²) in [5, 5.41) is 8.81. The van der Waals surface area contributed by atoms with Crippen molar-refractivity contribution in [2.75, 3.05) is 32.1 Å². The molecule has 0 saturated carbocycles. The lowest BCUT2D eigenvalue weighted by Gasteiger charge is -2.14. The summed E-state index contributed by atoms with van der Waals surface area (Å²) < 4.78 is 0. The average molecular weight is 214 g/mol. The Bertz CT molecular complexity index is 182. The van der Waals surface area contributed by atoms with Crippen molar-refractivity contribution in [3.05, 3.63) is 0 Å². The maximum atomic E-state index is 8.81. The van der Waals surface area contributed by atoms with Crippen molar-refractivity contribution in [1.82, 2.24) is 4.90 Å². The maximum Gasteiger partial charge on any atom is 0.0683 e. The molecular weight excluding hydrogens is 192 g/mol. The molecule has 0 aromatic rings. The number of nitriles is 1. The minimum absolute atomic E-state index is 0.137. The Balaban J connectivity index is 3.27. The van der Waals surface area contributed by atoms with Gasteiger partial charge in [-0.3, -0.25) is 0 Å². The van der Waals surface area contributed by atoms with E-state index in [0.29, 0.717) is 0 Å². The van der Waals surface area contributed by atoms with Crippen LogP contribution in [0.15, 0.2) is 0 Å². The molecular formula is C11H22N2S. The van der Waals surface area contributed by atoms with Crippen LogP contribution in [0.1, 0.15) is 26.7 Å². The SMILES string of the molecule is CN(C)CCSCCCC(C)(C)C#N. The topological polar surface area (TPSA) is 27.0 Å². The third-order valence-corrected chi connectivity index (χ3v) is 3.12. The molecule has 0 aliphatic rings. The molecule has 2 nitrogen and oxygen atoms in total. The molecule has 3 heteroatoms. The fourth-order valence-electron chi connectivity index (χ4n) is 1.02. The molecule has 0 amide bonds. The van der Waals surface area contributed by atoms with Crippen molar-refractivity contribution in [3.8, 4) is 6.07 Å². The van der Waals surface area contributed by atoms with Gasteiger partial charge in [-0.2, -0.15) is 17.0 Å². The number of rotatable bonds is 7. The maximum absolute atomic E-state index is 8.81. The Labute approximate surface area is 92.7 Å². The predicted molar refractivity (Wildman–Crippen MR) is 64.5 cm³/mol. The molecule has 0 aliphatic heterocycles. The first-order valence-electron chi connectivity index (χ1n) is 5.12. The first-order valence-corrected chi connectivity index (χ1v) is 6.27. The van der Waals surface area contributed by atoms with Crippen LogP contribution < -0.4 is 0 Å². The Hall–Kier alpha value is -0.200. The van der Waals surface area contributed by atoms with Gasteiger partial charge in [-0.25, -0.2) is 0 Å². The van der Waals surface area contributed by atoms with Crippen molar-refractivity contribution in [2.24, 2.45) is 5.41 Å². The Morgan fingerprint density at radius 1 is 1.29 bits per heavy atom. The van der Waals surface area contributed by atoms with Gasteiger partial charge in [0.05, 0.1) is 11.5 Å². The van der Waals surface area contributed by atoms with Gasteiger partial charge in [0, 0.05) is 12.3 Å². The molecule has 0 aliphatic carbocycles. The number of nitrogens with zero attached hydrogens (tertiary/aromatic N) is 2. The Morgan fingerprint density at radius 3 is 2.43 bits per heavy atom. The van der Waals surface area contributed by atoms with Crippen LogP contribution in [0, 0.1) is 16.7 Å². The normalized spacial score (nSPS) is 11.7. The van der Waals surface area contributed by atoms with E-state index in [-0.39, 0.29) is 5.41 Å². The third-order valence-electron chi connectivity index (χ3n) is 2.08. The average Bonchev–Trinajstić information content (AvgIpc) is 2.10. The van der Waals surface area contributed by atoms with Gasteiger partial charge in [-0.15, -0.1) is 0 Å². The fraction of sp³-hybridized carbons (Fsp3) is 0.909. The highest BCUT2D eigenvalue weighted by Gasteiger charge is 2.15. The summed E-state index contributed by atoms with van der Waals surface area (Å²) in [6.45, 7) is 5.17. The number of hydrogen-bond donors (Lipinski definition) is 0. The van der Waals surface area contributed by atoms with Crippen molar-refractivity contribution < 1.29 is 0 Å². The second-order valence-electron chi connectivity index (χ2n) is 4.51. The van der Waals surface area contributed by atoms with E-state index in [1.54, 1.807) is 0 Å². The first-order chi connectivity index (χ1) is 6.48. The van der Waals surface area contributed by atoms with Crippen LogP contribution in [0.3, 0.4) is 0 Å². The zero-order valence-corrected chi connectivity index (χ0v) is 10.7. The van der Waals surface area contributed by atoms with E-state index < -0.39 is 0 Å². The highest BCUT2D eigenvalue weighted by Crippen LogP contribution is 2.21. The van der Waals surface area contributed by atoms with Gasteiger partial charge in [0.2, 0.25) is 0 Å². The first kappa shape index (κ1) is 13.8. The van der Waals surface area contributed by atoms with Crippen LogP contribution in [0.25, 0.3) is 0 Å². The van der Waals surface area contributed by atoms with Crippen LogP contribution in [0.4, 0.5) is 0 Å². The van der Waals surface area contributed by atoms with Crippen molar-refractivity contribution in [1.29, 1.82) is 5.26 Å². The monoisotopic (exact) mass is 214 g/mol. The molecule has 0 heterocycles. The van der Waals surface area contributed by atoms with Gasteiger partial charge >= 0.3 is 0 Å². The van der Waals surface area contributed by atoms with Gasteiger partial charge < -0.3 is 4.90 Å². The standard InChI is InChI=1S/C11H22N2S/c1-11(2,10-12)6-5-8-14-9-7-13(3)4/h5-9H2,1-4H3. The van der Waals surface area contributed by atoms with Crippen LogP contribution in [0.5, 0.6) is 0 Å². The van der Waals surface area contributed by atoms with E-state index in [1.807, 2.05) is 25.6 Å². The van der Waals surface area contributed by atoms with Crippen molar-refractivity contribution >= 4 is 11.8 Å². The predicted octanol–water partition coefficient (Wildman–Crippen LogP) is 2.61. The molecule has 0 radical (unpaired) electrons. The highest BCUT2D eigenvalue weighted by molar-refractivity contribution is 7.99. The minimum Gasteiger partial charge on any atom is -0.309 e. The summed E-state index contributed by atoms with van der Waals surface area (Å²) in [4.78, 5) is 2.20. The molecule has 0 aromatic heterocycles. The third kappa shape index (κ3) is 8.40. The molecule has 14 heavy (non-hydrogen) atoms. The highest BCUT2D eigenvalue weighted by atomic mass is 32.2. The number of hydrogen-bond acceptors (Lipinski definition) is 3. The second kappa shape index (κ2) is 7.14. The summed E-state index contributed by atoms with van der Waals surface area (Å²) in [7, 11) is 4.19. The summed E-state index contributed by atoms with van der Waals surface area (Å²) >= 11 is 1.98. The summed E-state index contributed by atoms with van der Waals surface area (Å²) in [5.74, 6) is 2.37. The summed E-state index contributed by atoms with van der Waals surface area (Å²) in [5.41, 5.74) is -0.137. The van der Waals surface area contributed by atoms with E-state index in [1.165, 1.54) is 11.5 Å². The van der Waals surface area contributed by atoms with Crippen molar-refractivity contribution in [3.63, 3.8) is 0 Å². The summed E-state index contributed by atoms with van der Waals surface area (Å²) in [6.07, 6.45) is 2.16. The lowest BCUT2D eigenvalue weighted by molar-refractivity contribution is 0.436. The van der Waals surface area contributed by atoms with Crippen molar-refractivity contribution in [2.45, 2.75) is 26.7 Å². The Kier molecular flexibility index (Phi) is 7.04. The van der Waals surface area contributed by atoms with Crippen LogP contribution >= 0.6 is 11.8 Å². The lowest BCUT2D eigenvalue weighted by atomic mass is 9.90. The van der Waals surface area contributed by atoms with Crippen LogP contribution in [-0.4, -0.2) is 37.0 Å². The minimum atomic E-state index is -0.137. The fourth-order valence-corrected chi connectivity index (χ4v) is 2.07. The molecule has 82 valence electrons.